The fraction of sp³-hybridized carbons (Fsp3) is 0.882. The molecule has 124 valence electrons. The summed E-state index contributed by atoms with van der Waals surface area (Å²) in [5.41, 5.74) is -0.757. The molecule has 1 saturated carbocycles. The molecular formula is C17H29N3O2. The van der Waals surface area contributed by atoms with Gasteiger partial charge in [0.25, 0.3) is 0 Å². The van der Waals surface area contributed by atoms with Crippen molar-refractivity contribution in [3.8, 4) is 0 Å². The van der Waals surface area contributed by atoms with Crippen LogP contribution < -0.4 is 5.32 Å². The number of hydrogen-bond acceptors (Lipinski definition) is 3. The van der Waals surface area contributed by atoms with E-state index in [0.717, 1.165) is 51.7 Å². The third-order valence-corrected chi connectivity index (χ3v) is 6.10. The van der Waals surface area contributed by atoms with E-state index in [1.165, 1.54) is 12.8 Å². The molecule has 0 bridgehead atoms. The van der Waals surface area contributed by atoms with Gasteiger partial charge in [0.05, 0.1) is 0 Å². The van der Waals surface area contributed by atoms with Crippen molar-refractivity contribution < 1.29 is 9.59 Å². The fourth-order valence-corrected chi connectivity index (χ4v) is 4.71. The fourth-order valence-electron chi connectivity index (χ4n) is 4.71. The van der Waals surface area contributed by atoms with E-state index in [9.17, 15) is 9.59 Å². The predicted octanol–water partition coefficient (Wildman–Crippen LogP) is 1.38. The van der Waals surface area contributed by atoms with Gasteiger partial charge in [0.2, 0.25) is 11.8 Å². The van der Waals surface area contributed by atoms with Gasteiger partial charge in [0.1, 0.15) is 5.41 Å². The number of carbonyl (C=O) groups excluding carboxylic acids is 2. The number of amides is 2. The number of likely N-dealkylation sites (tertiary alicyclic amines) is 2. The van der Waals surface area contributed by atoms with E-state index in [2.05, 4.69) is 22.0 Å². The van der Waals surface area contributed by atoms with Crippen LogP contribution in [0, 0.1) is 5.41 Å². The van der Waals surface area contributed by atoms with Gasteiger partial charge >= 0.3 is 0 Å². The Morgan fingerprint density at radius 3 is 2.36 bits per heavy atom. The number of likely N-dealkylation sites (N-methyl/N-ethyl adjacent to an activating group) is 1. The molecule has 5 heteroatoms. The van der Waals surface area contributed by atoms with Crippen LogP contribution >= 0.6 is 0 Å². The lowest BCUT2D eigenvalue weighted by Crippen LogP contribution is -2.59. The summed E-state index contributed by atoms with van der Waals surface area (Å²) >= 11 is 0. The standard InChI is InChI=1S/C17H29N3O2/c1-3-19-11-4-7-13(19)14-8-5-12-20(14)16(22)17(9-6-10-17)15(21)18-2/h13-14H,3-12H2,1-2H3,(H,18,21)/t13-,14-/m1/s1. The molecule has 1 N–H and O–H groups in total. The lowest BCUT2D eigenvalue weighted by Gasteiger charge is -2.44. The Bertz CT molecular complexity index is 447. The molecule has 2 aliphatic heterocycles. The highest BCUT2D eigenvalue weighted by atomic mass is 16.2. The second-order valence-corrected chi connectivity index (χ2v) is 7.06. The van der Waals surface area contributed by atoms with Gasteiger partial charge in [0.15, 0.2) is 0 Å². The van der Waals surface area contributed by atoms with Crippen molar-refractivity contribution in [1.29, 1.82) is 0 Å². The maximum atomic E-state index is 13.2. The summed E-state index contributed by atoms with van der Waals surface area (Å²) in [6.45, 7) is 5.25. The van der Waals surface area contributed by atoms with Crippen molar-refractivity contribution in [2.45, 2.75) is 64.0 Å². The van der Waals surface area contributed by atoms with Crippen LogP contribution in [0.1, 0.15) is 51.9 Å². The van der Waals surface area contributed by atoms with Crippen molar-refractivity contribution in [3.63, 3.8) is 0 Å². The summed E-state index contributed by atoms with van der Waals surface area (Å²) in [5.74, 6) is 0.0247. The molecule has 2 heterocycles. The van der Waals surface area contributed by atoms with E-state index >= 15 is 0 Å². The van der Waals surface area contributed by atoms with Crippen LogP contribution in [-0.4, -0.2) is 60.4 Å². The van der Waals surface area contributed by atoms with E-state index < -0.39 is 5.41 Å². The normalized spacial score (nSPS) is 31.1. The zero-order valence-corrected chi connectivity index (χ0v) is 13.9. The first-order valence-corrected chi connectivity index (χ1v) is 8.91. The van der Waals surface area contributed by atoms with Crippen LogP contribution in [0.25, 0.3) is 0 Å². The highest BCUT2D eigenvalue weighted by molar-refractivity contribution is 6.06. The van der Waals surface area contributed by atoms with Crippen LogP contribution in [0.15, 0.2) is 0 Å². The zero-order valence-electron chi connectivity index (χ0n) is 13.9. The second-order valence-electron chi connectivity index (χ2n) is 7.06. The van der Waals surface area contributed by atoms with Gasteiger partial charge in [-0.2, -0.15) is 0 Å². The molecule has 3 rings (SSSR count). The van der Waals surface area contributed by atoms with Crippen molar-refractivity contribution in [2.24, 2.45) is 5.41 Å². The first kappa shape index (κ1) is 15.8. The monoisotopic (exact) mass is 307 g/mol. The summed E-state index contributed by atoms with van der Waals surface area (Å²) < 4.78 is 0. The van der Waals surface area contributed by atoms with Crippen molar-refractivity contribution >= 4 is 11.8 Å². The van der Waals surface area contributed by atoms with Crippen LogP contribution in [-0.2, 0) is 9.59 Å². The molecule has 5 nitrogen and oxygen atoms in total. The van der Waals surface area contributed by atoms with Gasteiger partial charge in [-0.1, -0.05) is 13.3 Å². The quantitative estimate of drug-likeness (QED) is 0.798. The molecule has 2 amide bonds. The third-order valence-electron chi connectivity index (χ3n) is 6.10. The summed E-state index contributed by atoms with van der Waals surface area (Å²) in [6, 6.07) is 0.815. The molecule has 2 atom stereocenters. The Balaban J connectivity index is 1.78. The summed E-state index contributed by atoms with van der Waals surface area (Å²) in [6.07, 6.45) is 7.02. The van der Waals surface area contributed by atoms with Gasteiger partial charge in [-0.25, -0.2) is 0 Å². The number of carbonyl (C=O) groups is 2. The van der Waals surface area contributed by atoms with E-state index in [1.54, 1.807) is 7.05 Å². The highest BCUT2D eigenvalue weighted by Crippen LogP contribution is 2.44. The lowest BCUT2D eigenvalue weighted by atomic mass is 9.67. The minimum atomic E-state index is -0.757. The first-order chi connectivity index (χ1) is 10.6. The Morgan fingerprint density at radius 1 is 1.09 bits per heavy atom. The van der Waals surface area contributed by atoms with Gasteiger partial charge in [-0.15, -0.1) is 0 Å². The number of nitrogens with zero attached hydrogens (tertiary/aromatic N) is 2. The molecule has 0 aromatic heterocycles. The third kappa shape index (κ3) is 2.34. The highest BCUT2D eigenvalue weighted by Gasteiger charge is 2.54. The van der Waals surface area contributed by atoms with Crippen LogP contribution in [0.2, 0.25) is 0 Å². The first-order valence-electron chi connectivity index (χ1n) is 8.91. The molecular weight excluding hydrogens is 278 g/mol. The van der Waals surface area contributed by atoms with Crippen molar-refractivity contribution in [1.82, 2.24) is 15.1 Å². The average molecular weight is 307 g/mol. The minimum Gasteiger partial charge on any atom is -0.358 e. The van der Waals surface area contributed by atoms with E-state index in [4.69, 9.17) is 0 Å². The second kappa shape index (κ2) is 6.19. The Hall–Kier alpha value is -1.10. The smallest absolute Gasteiger partial charge is 0.238 e. The Morgan fingerprint density at radius 2 is 1.77 bits per heavy atom. The molecule has 0 radical (unpaired) electrons. The number of rotatable bonds is 4. The Kier molecular flexibility index (Phi) is 4.44. The molecule has 1 aliphatic carbocycles. The van der Waals surface area contributed by atoms with E-state index in [1.807, 2.05) is 0 Å². The number of nitrogens with one attached hydrogen (secondary N) is 1. The topological polar surface area (TPSA) is 52.7 Å². The SMILES string of the molecule is CCN1CCC[C@@H]1[C@H]1CCCN1C(=O)C1(C(=O)NC)CCC1. The van der Waals surface area contributed by atoms with Crippen LogP contribution in [0.5, 0.6) is 0 Å². The maximum Gasteiger partial charge on any atom is 0.238 e. The molecule has 0 unspecified atom stereocenters. The van der Waals surface area contributed by atoms with Gasteiger partial charge in [0, 0.05) is 25.7 Å². The van der Waals surface area contributed by atoms with Gasteiger partial charge in [-0.05, 0) is 51.6 Å². The summed E-state index contributed by atoms with van der Waals surface area (Å²) in [7, 11) is 1.65. The average Bonchev–Trinajstić information content (AvgIpc) is 3.13. The van der Waals surface area contributed by atoms with Gasteiger partial charge in [-0.3, -0.25) is 14.5 Å². The molecule has 3 aliphatic rings. The number of hydrogen-bond donors (Lipinski definition) is 1. The molecule has 3 fully saturated rings. The van der Waals surface area contributed by atoms with Crippen LogP contribution in [0.4, 0.5) is 0 Å². The van der Waals surface area contributed by atoms with Crippen molar-refractivity contribution in [3.05, 3.63) is 0 Å². The molecule has 0 spiro atoms. The predicted molar refractivity (Wildman–Crippen MR) is 85.4 cm³/mol. The Labute approximate surface area is 133 Å². The van der Waals surface area contributed by atoms with Crippen molar-refractivity contribution in [2.75, 3.05) is 26.7 Å². The minimum absolute atomic E-state index is 0.0758. The van der Waals surface area contributed by atoms with Gasteiger partial charge < -0.3 is 10.2 Å². The van der Waals surface area contributed by atoms with E-state index in [0.29, 0.717) is 12.1 Å². The molecule has 0 aromatic rings. The van der Waals surface area contributed by atoms with E-state index in [-0.39, 0.29) is 11.8 Å². The maximum absolute atomic E-state index is 13.2. The molecule has 2 saturated heterocycles. The summed E-state index contributed by atoms with van der Waals surface area (Å²) in [4.78, 5) is 30.0. The van der Waals surface area contributed by atoms with Crippen LogP contribution in [0.3, 0.4) is 0 Å². The summed E-state index contributed by atoms with van der Waals surface area (Å²) in [5, 5.41) is 2.72. The lowest BCUT2D eigenvalue weighted by molar-refractivity contribution is -0.158. The zero-order chi connectivity index (χ0) is 15.7. The largest absolute Gasteiger partial charge is 0.358 e. The molecule has 22 heavy (non-hydrogen) atoms. The molecule has 0 aromatic carbocycles.